The number of carbonyl (C=O) groups is 1. The second-order valence-electron chi connectivity index (χ2n) is 6.28. The lowest BCUT2D eigenvalue weighted by Gasteiger charge is -2.41. The van der Waals surface area contributed by atoms with Gasteiger partial charge >= 0.3 is 0 Å². The highest BCUT2D eigenvalue weighted by molar-refractivity contribution is 5.84. The SMILES string of the molecule is CNC(=O)C1(n2cccn2)CCCN(Cc2cc(C)nn2C)C1. The Balaban J connectivity index is 1.85. The number of aromatic nitrogens is 4. The number of piperidine rings is 1. The summed E-state index contributed by atoms with van der Waals surface area (Å²) >= 11 is 0. The molecule has 7 heteroatoms. The molecule has 0 bridgehead atoms. The van der Waals surface area contributed by atoms with Gasteiger partial charge in [-0.3, -0.25) is 19.1 Å². The maximum Gasteiger partial charge on any atom is 0.249 e. The molecule has 0 spiro atoms. The largest absolute Gasteiger partial charge is 0.357 e. The molecule has 2 aromatic rings. The fraction of sp³-hybridized carbons (Fsp3) is 0.562. The van der Waals surface area contributed by atoms with Crippen LogP contribution in [0.15, 0.2) is 24.5 Å². The number of amides is 1. The Morgan fingerprint density at radius 3 is 2.91 bits per heavy atom. The van der Waals surface area contributed by atoms with Crippen molar-refractivity contribution in [3.8, 4) is 0 Å². The molecule has 1 saturated heterocycles. The molecule has 0 aliphatic carbocycles. The van der Waals surface area contributed by atoms with Gasteiger partial charge < -0.3 is 5.32 Å². The lowest BCUT2D eigenvalue weighted by atomic mass is 9.88. The van der Waals surface area contributed by atoms with Gasteiger partial charge in [-0.15, -0.1) is 0 Å². The number of likely N-dealkylation sites (tertiary alicyclic amines) is 1. The first kappa shape index (κ1) is 15.7. The van der Waals surface area contributed by atoms with Gasteiger partial charge in [-0.05, 0) is 38.4 Å². The van der Waals surface area contributed by atoms with Crippen molar-refractivity contribution in [1.82, 2.24) is 29.8 Å². The predicted octanol–water partition coefficient (Wildman–Crippen LogP) is 0.662. The van der Waals surface area contributed by atoms with Crippen LogP contribution in [-0.4, -0.2) is 50.5 Å². The average Bonchev–Trinajstić information content (AvgIpc) is 3.17. The lowest BCUT2D eigenvalue weighted by molar-refractivity contribution is -0.133. The summed E-state index contributed by atoms with van der Waals surface area (Å²) in [5.41, 5.74) is 1.55. The van der Waals surface area contributed by atoms with Gasteiger partial charge in [-0.1, -0.05) is 0 Å². The van der Waals surface area contributed by atoms with Crippen LogP contribution in [-0.2, 0) is 23.9 Å². The molecule has 3 heterocycles. The molecule has 1 aliphatic rings. The highest BCUT2D eigenvalue weighted by Gasteiger charge is 2.44. The lowest BCUT2D eigenvalue weighted by Crippen LogP contribution is -2.57. The predicted molar refractivity (Wildman–Crippen MR) is 86.7 cm³/mol. The monoisotopic (exact) mass is 316 g/mol. The summed E-state index contributed by atoms with van der Waals surface area (Å²) < 4.78 is 3.73. The van der Waals surface area contributed by atoms with Crippen LogP contribution in [0.25, 0.3) is 0 Å². The third-order valence-corrected chi connectivity index (χ3v) is 4.63. The van der Waals surface area contributed by atoms with Gasteiger partial charge in [0, 0.05) is 39.6 Å². The van der Waals surface area contributed by atoms with Gasteiger partial charge in [0.1, 0.15) is 0 Å². The number of carbonyl (C=O) groups excluding carboxylic acids is 1. The zero-order valence-corrected chi connectivity index (χ0v) is 14.0. The molecule has 1 N–H and O–H groups in total. The van der Waals surface area contributed by atoms with Crippen LogP contribution in [0.1, 0.15) is 24.2 Å². The molecule has 7 nitrogen and oxygen atoms in total. The summed E-state index contributed by atoms with van der Waals surface area (Å²) in [5, 5.41) is 11.6. The van der Waals surface area contributed by atoms with E-state index in [1.165, 1.54) is 0 Å². The number of rotatable bonds is 4. The second-order valence-corrected chi connectivity index (χ2v) is 6.28. The van der Waals surface area contributed by atoms with E-state index < -0.39 is 5.54 Å². The van der Waals surface area contributed by atoms with Crippen molar-refractivity contribution >= 4 is 5.91 Å². The van der Waals surface area contributed by atoms with Crippen LogP contribution in [0.4, 0.5) is 0 Å². The molecule has 0 radical (unpaired) electrons. The van der Waals surface area contributed by atoms with Crippen LogP contribution in [0, 0.1) is 6.92 Å². The van der Waals surface area contributed by atoms with E-state index in [-0.39, 0.29) is 5.91 Å². The van der Waals surface area contributed by atoms with Crippen molar-refractivity contribution in [3.63, 3.8) is 0 Å². The summed E-state index contributed by atoms with van der Waals surface area (Å²) in [6, 6.07) is 3.97. The van der Waals surface area contributed by atoms with Crippen molar-refractivity contribution in [3.05, 3.63) is 35.9 Å². The van der Waals surface area contributed by atoms with Gasteiger partial charge in [0.05, 0.1) is 11.4 Å². The normalized spacial score (nSPS) is 22.2. The molecule has 1 unspecified atom stereocenters. The molecule has 3 rings (SSSR count). The van der Waals surface area contributed by atoms with Crippen molar-refractivity contribution in [2.24, 2.45) is 7.05 Å². The molecular formula is C16H24N6O. The molecule has 2 aromatic heterocycles. The summed E-state index contributed by atoms with van der Waals surface area (Å²) in [6.45, 7) is 4.42. The number of likely N-dealkylation sites (N-methyl/N-ethyl adjacent to an activating group) is 1. The number of hydrogen-bond donors (Lipinski definition) is 1. The first-order valence-electron chi connectivity index (χ1n) is 7.99. The zero-order valence-electron chi connectivity index (χ0n) is 14.0. The topological polar surface area (TPSA) is 68.0 Å². The molecule has 0 saturated carbocycles. The zero-order chi connectivity index (χ0) is 16.4. The van der Waals surface area contributed by atoms with Crippen molar-refractivity contribution < 1.29 is 4.79 Å². The van der Waals surface area contributed by atoms with Crippen LogP contribution >= 0.6 is 0 Å². The van der Waals surface area contributed by atoms with Crippen molar-refractivity contribution in [1.29, 1.82) is 0 Å². The maximum absolute atomic E-state index is 12.6. The molecule has 23 heavy (non-hydrogen) atoms. The Hall–Kier alpha value is -2.15. The van der Waals surface area contributed by atoms with Crippen molar-refractivity contribution in [2.75, 3.05) is 20.1 Å². The highest BCUT2D eigenvalue weighted by Crippen LogP contribution is 2.29. The van der Waals surface area contributed by atoms with Crippen LogP contribution in [0.3, 0.4) is 0 Å². The van der Waals surface area contributed by atoms with Crippen LogP contribution in [0.2, 0.25) is 0 Å². The molecular weight excluding hydrogens is 292 g/mol. The molecule has 1 fully saturated rings. The average molecular weight is 316 g/mol. The van der Waals surface area contributed by atoms with E-state index in [0.717, 1.165) is 37.3 Å². The fourth-order valence-electron chi connectivity index (χ4n) is 3.53. The minimum absolute atomic E-state index is 0.0205. The Morgan fingerprint density at radius 2 is 2.30 bits per heavy atom. The minimum Gasteiger partial charge on any atom is -0.357 e. The van der Waals surface area contributed by atoms with Gasteiger partial charge in [0.25, 0.3) is 0 Å². The number of nitrogens with one attached hydrogen (secondary N) is 1. The standard InChI is InChI=1S/C16H24N6O/c1-13-10-14(20(3)19-13)11-21-8-4-6-16(12-21,15(23)17-2)22-9-5-7-18-22/h5,7,9-10H,4,6,8,11-12H2,1-3H3,(H,17,23). The Kier molecular flexibility index (Phi) is 4.21. The van der Waals surface area contributed by atoms with Gasteiger partial charge in [-0.25, -0.2) is 0 Å². The van der Waals surface area contributed by atoms with E-state index in [9.17, 15) is 4.79 Å². The van der Waals surface area contributed by atoms with Crippen molar-refractivity contribution in [2.45, 2.75) is 31.8 Å². The first-order chi connectivity index (χ1) is 11.0. The fourth-order valence-corrected chi connectivity index (χ4v) is 3.53. The third-order valence-electron chi connectivity index (χ3n) is 4.63. The van der Waals surface area contributed by atoms with Crippen LogP contribution < -0.4 is 5.32 Å². The van der Waals surface area contributed by atoms with E-state index in [1.807, 2.05) is 35.6 Å². The Morgan fingerprint density at radius 1 is 1.48 bits per heavy atom. The molecule has 1 atom stereocenters. The first-order valence-corrected chi connectivity index (χ1v) is 7.99. The summed E-state index contributed by atoms with van der Waals surface area (Å²) in [4.78, 5) is 15.0. The van der Waals surface area contributed by atoms with Crippen LogP contribution in [0.5, 0.6) is 0 Å². The Labute approximate surface area is 136 Å². The summed E-state index contributed by atoms with van der Waals surface area (Å²) in [5.74, 6) is 0.0205. The molecule has 0 aromatic carbocycles. The second kappa shape index (κ2) is 6.16. The molecule has 1 amide bonds. The minimum atomic E-state index is -0.635. The van der Waals surface area contributed by atoms with E-state index in [1.54, 1.807) is 13.2 Å². The van der Waals surface area contributed by atoms with E-state index >= 15 is 0 Å². The smallest absolute Gasteiger partial charge is 0.249 e. The maximum atomic E-state index is 12.6. The van der Waals surface area contributed by atoms with Gasteiger partial charge in [-0.2, -0.15) is 10.2 Å². The number of aryl methyl sites for hydroxylation is 2. The quantitative estimate of drug-likeness (QED) is 0.900. The van der Waals surface area contributed by atoms with Gasteiger partial charge in [0.15, 0.2) is 5.54 Å². The third kappa shape index (κ3) is 2.88. The highest BCUT2D eigenvalue weighted by atomic mass is 16.2. The number of hydrogen-bond acceptors (Lipinski definition) is 4. The van der Waals surface area contributed by atoms with E-state index in [0.29, 0.717) is 6.54 Å². The van der Waals surface area contributed by atoms with E-state index in [4.69, 9.17) is 0 Å². The van der Waals surface area contributed by atoms with E-state index in [2.05, 4.69) is 26.5 Å². The summed E-state index contributed by atoms with van der Waals surface area (Å²) in [7, 11) is 3.66. The molecule has 124 valence electrons. The number of nitrogens with zero attached hydrogens (tertiary/aromatic N) is 5. The summed E-state index contributed by atoms with van der Waals surface area (Å²) in [6.07, 6.45) is 5.38. The van der Waals surface area contributed by atoms with Gasteiger partial charge in [0.2, 0.25) is 5.91 Å². The molecule has 1 aliphatic heterocycles. The Bertz CT molecular complexity index is 677.